The summed E-state index contributed by atoms with van der Waals surface area (Å²) in [5.41, 5.74) is 4.97. The largest absolute Gasteiger partial charge is 0.307 e. The second-order valence-electron chi connectivity index (χ2n) is 12.1. The Hall–Kier alpha value is -3.34. The van der Waals surface area contributed by atoms with Crippen LogP contribution in [0.5, 0.6) is 0 Å². The van der Waals surface area contributed by atoms with E-state index >= 15 is 0 Å². The first-order valence-corrected chi connectivity index (χ1v) is 15.8. The third-order valence-corrected chi connectivity index (χ3v) is 9.54. The number of benzene rings is 4. The van der Waals surface area contributed by atoms with Crippen molar-refractivity contribution in [2.75, 3.05) is 6.54 Å². The fourth-order valence-electron chi connectivity index (χ4n) is 6.87. The lowest BCUT2D eigenvalue weighted by atomic mass is 9.67. The van der Waals surface area contributed by atoms with Crippen LogP contribution >= 0.6 is 11.6 Å². The number of halogens is 3. The first kappa shape index (κ1) is 31.1. The fourth-order valence-corrected chi connectivity index (χ4v) is 7.06. The van der Waals surface area contributed by atoms with Crippen molar-refractivity contribution in [2.24, 2.45) is 0 Å². The van der Waals surface area contributed by atoms with Crippen molar-refractivity contribution in [2.45, 2.75) is 75.7 Å². The van der Waals surface area contributed by atoms with E-state index in [1.807, 2.05) is 12.1 Å². The molecular formula is C38H40ClF2NO. The van der Waals surface area contributed by atoms with E-state index in [2.05, 4.69) is 60.8 Å². The molecular weight excluding hydrogens is 560 g/mol. The molecule has 2 nitrogen and oxygen atoms in total. The maximum absolute atomic E-state index is 14.6. The summed E-state index contributed by atoms with van der Waals surface area (Å²) in [6, 6.07) is 31.1. The zero-order valence-corrected chi connectivity index (χ0v) is 25.6. The Labute approximate surface area is 259 Å². The summed E-state index contributed by atoms with van der Waals surface area (Å²) in [6.07, 6.45) is 6.69. The predicted molar refractivity (Wildman–Crippen MR) is 172 cm³/mol. The van der Waals surface area contributed by atoms with Gasteiger partial charge in [0, 0.05) is 30.3 Å². The minimum absolute atomic E-state index is 0.183. The van der Waals surface area contributed by atoms with Gasteiger partial charge in [0.1, 0.15) is 17.4 Å². The molecule has 0 saturated carbocycles. The van der Waals surface area contributed by atoms with Gasteiger partial charge in [0.15, 0.2) is 0 Å². The number of nitrogens with one attached hydrogen (secondary N) is 1. The summed E-state index contributed by atoms with van der Waals surface area (Å²) < 4.78 is 27.8. The zero-order chi connectivity index (χ0) is 30.3. The van der Waals surface area contributed by atoms with Gasteiger partial charge in [0.25, 0.3) is 0 Å². The monoisotopic (exact) mass is 599 g/mol. The number of Topliss-reactive ketones (excluding diaryl/α,β-unsaturated/α-hetero) is 1. The number of ketones is 1. The van der Waals surface area contributed by atoms with Crippen molar-refractivity contribution in [3.05, 3.63) is 142 Å². The van der Waals surface area contributed by atoms with E-state index in [9.17, 15) is 13.6 Å². The van der Waals surface area contributed by atoms with Gasteiger partial charge in [0.2, 0.25) is 0 Å². The topological polar surface area (TPSA) is 29.1 Å². The van der Waals surface area contributed by atoms with Crippen LogP contribution in [0.25, 0.3) is 0 Å². The highest BCUT2D eigenvalue weighted by molar-refractivity contribution is 6.30. The van der Waals surface area contributed by atoms with E-state index < -0.39 is 0 Å². The maximum atomic E-state index is 14.6. The lowest BCUT2D eigenvalue weighted by Crippen LogP contribution is -2.45. The summed E-state index contributed by atoms with van der Waals surface area (Å²) in [5.74, 6) is -0.403. The van der Waals surface area contributed by atoms with Gasteiger partial charge in [-0.1, -0.05) is 90.8 Å². The van der Waals surface area contributed by atoms with Crippen molar-refractivity contribution in [1.29, 1.82) is 0 Å². The van der Waals surface area contributed by atoms with Crippen molar-refractivity contribution in [3.63, 3.8) is 0 Å². The van der Waals surface area contributed by atoms with Gasteiger partial charge >= 0.3 is 0 Å². The lowest BCUT2D eigenvalue weighted by molar-refractivity contribution is -0.119. The highest BCUT2D eigenvalue weighted by Gasteiger charge is 2.37. The molecule has 0 aliphatic carbocycles. The maximum Gasteiger partial charge on any atom is 0.142 e. The van der Waals surface area contributed by atoms with Crippen molar-refractivity contribution >= 4 is 17.4 Å². The van der Waals surface area contributed by atoms with Crippen LogP contribution in [0.15, 0.2) is 97.1 Å². The van der Waals surface area contributed by atoms with E-state index in [4.69, 9.17) is 11.6 Å². The average molecular weight is 600 g/mol. The highest BCUT2D eigenvalue weighted by atomic mass is 35.5. The van der Waals surface area contributed by atoms with E-state index in [0.717, 1.165) is 61.8 Å². The molecule has 4 aromatic rings. The van der Waals surface area contributed by atoms with Gasteiger partial charge in [-0.3, -0.25) is 4.79 Å². The summed E-state index contributed by atoms with van der Waals surface area (Å²) >= 11 is 6.13. The summed E-state index contributed by atoms with van der Waals surface area (Å²) in [6.45, 7) is 3.00. The number of carbonyl (C=O) groups excluding carboxylic acids is 1. The molecule has 5 heteroatoms. The summed E-state index contributed by atoms with van der Waals surface area (Å²) in [4.78, 5) is 13.0. The molecule has 1 unspecified atom stereocenters. The Morgan fingerprint density at radius 2 is 1.49 bits per heavy atom. The first-order valence-electron chi connectivity index (χ1n) is 15.4. The minimum atomic E-state index is -0.373. The fraction of sp³-hybridized carbons (Fsp3) is 0.342. The van der Waals surface area contributed by atoms with Gasteiger partial charge in [-0.2, -0.15) is 0 Å². The second kappa shape index (κ2) is 14.0. The molecule has 224 valence electrons. The van der Waals surface area contributed by atoms with E-state index in [1.54, 1.807) is 24.3 Å². The molecule has 0 radical (unpaired) electrons. The van der Waals surface area contributed by atoms with Crippen LogP contribution in [0.1, 0.15) is 79.7 Å². The zero-order valence-electron chi connectivity index (χ0n) is 24.9. The van der Waals surface area contributed by atoms with Crippen LogP contribution in [0.2, 0.25) is 5.02 Å². The Bertz CT molecular complexity index is 1470. The number of hydrogen-bond acceptors (Lipinski definition) is 2. The molecule has 1 heterocycles. The molecule has 4 aromatic carbocycles. The van der Waals surface area contributed by atoms with E-state index in [0.29, 0.717) is 19.3 Å². The van der Waals surface area contributed by atoms with E-state index in [-0.39, 0.29) is 33.4 Å². The van der Waals surface area contributed by atoms with Crippen molar-refractivity contribution in [1.82, 2.24) is 5.32 Å². The highest BCUT2D eigenvalue weighted by Crippen LogP contribution is 2.44. The van der Waals surface area contributed by atoms with Gasteiger partial charge in [0.05, 0.1) is 5.02 Å². The van der Waals surface area contributed by atoms with Gasteiger partial charge in [-0.05, 0) is 97.5 Å². The third kappa shape index (κ3) is 7.42. The predicted octanol–water partition coefficient (Wildman–Crippen LogP) is 9.51. The lowest BCUT2D eigenvalue weighted by Gasteiger charge is -2.40. The number of hydrogen-bond donors (Lipinski definition) is 1. The Kier molecular flexibility index (Phi) is 10.1. The summed E-state index contributed by atoms with van der Waals surface area (Å²) in [5, 5.41) is 3.86. The average Bonchev–Trinajstić information content (AvgIpc) is 3.02. The standard InChI is InChI=1S/C38H40ClF2NO/c1-37(34-27-36(41)35(39)26-29(34)21-25-42-37)22-9-24-38(30-10-4-2-5-11-30,31-12-6-3-7-13-31)23-8-14-33(43)20-17-28-15-18-32(40)19-16-28/h2-7,10-13,15-16,18-19,26-27,42H,8-9,14,17,20-25H2,1H3. The molecule has 0 spiro atoms. The van der Waals surface area contributed by atoms with Crippen LogP contribution in [0, 0.1) is 11.6 Å². The van der Waals surface area contributed by atoms with Gasteiger partial charge in [-0.15, -0.1) is 0 Å². The molecule has 0 amide bonds. The molecule has 1 atom stereocenters. The Balaban J connectivity index is 1.34. The van der Waals surface area contributed by atoms with Crippen LogP contribution in [-0.4, -0.2) is 12.3 Å². The quantitative estimate of drug-likeness (QED) is 0.166. The molecule has 1 aliphatic rings. The number of rotatable bonds is 13. The van der Waals surface area contributed by atoms with Crippen LogP contribution < -0.4 is 5.32 Å². The molecule has 5 rings (SSSR count). The first-order chi connectivity index (χ1) is 20.8. The molecule has 43 heavy (non-hydrogen) atoms. The Morgan fingerprint density at radius 1 is 0.860 bits per heavy atom. The van der Waals surface area contributed by atoms with Gasteiger partial charge < -0.3 is 5.32 Å². The second-order valence-corrected chi connectivity index (χ2v) is 12.5. The van der Waals surface area contributed by atoms with Crippen LogP contribution in [0.3, 0.4) is 0 Å². The Morgan fingerprint density at radius 3 is 2.14 bits per heavy atom. The molecule has 0 bridgehead atoms. The number of fused-ring (bicyclic) bond motifs is 1. The summed E-state index contributed by atoms with van der Waals surface area (Å²) in [7, 11) is 0. The smallest absolute Gasteiger partial charge is 0.142 e. The van der Waals surface area contributed by atoms with Crippen LogP contribution in [0.4, 0.5) is 8.78 Å². The molecule has 1 aliphatic heterocycles. The molecule has 1 N–H and O–H groups in total. The van der Waals surface area contributed by atoms with Gasteiger partial charge in [-0.25, -0.2) is 8.78 Å². The van der Waals surface area contributed by atoms with Crippen molar-refractivity contribution < 1.29 is 13.6 Å². The number of aryl methyl sites for hydroxylation is 1. The SMILES string of the molecule is CC1(CCCC(CCCC(=O)CCc2ccc(F)cc2)(c2ccccc2)c2ccccc2)NCCc2cc(Cl)c(F)cc21. The van der Waals surface area contributed by atoms with E-state index in [1.165, 1.54) is 23.3 Å². The number of carbonyl (C=O) groups is 1. The normalized spacial score (nSPS) is 16.6. The molecule has 0 aromatic heterocycles. The molecule has 0 saturated heterocycles. The molecule has 0 fully saturated rings. The third-order valence-electron chi connectivity index (χ3n) is 9.25. The van der Waals surface area contributed by atoms with Crippen molar-refractivity contribution in [3.8, 4) is 0 Å². The van der Waals surface area contributed by atoms with Crippen LogP contribution in [-0.2, 0) is 28.6 Å². The minimum Gasteiger partial charge on any atom is -0.307 e.